The minimum Gasteiger partial charge on any atom is -0.323 e. The van der Waals surface area contributed by atoms with Crippen LogP contribution >= 0.6 is 11.6 Å². The first kappa shape index (κ1) is 19.2. The fourth-order valence-electron chi connectivity index (χ4n) is 3.92. The molecule has 4 rings (SSSR count). The molecule has 1 fully saturated rings. The summed E-state index contributed by atoms with van der Waals surface area (Å²) in [5.74, 6) is -0.0403. The van der Waals surface area contributed by atoms with E-state index in [1.807, 2.05) is 12.1 Å². The number of amides is 1. The quantitative estimate of drug-likeness (QED) is 0.770. The molecule has 1 aromatic carbocycles. The molecular formula is C20H22ClN3O3S. The highest BCUT2D eigenvalue weighted by Gasteiger charge is 2.31. The van der Waals surface area contributed by atoms with E-state index in [2.05, 4.69) is 16.5 Å². The minimum absolute atomic E-state index is 0.0514. The number of halogens is 1. The van der Waals surface area contributed by atoms with Crippen LogP contribution in [0.2, 0.25) is 5.15 Å². The zero-order valence-corrected chi connectivity index (χ0v) is 17.2. The average Bonchev–Trinajstić information content (AvgIpc) is 3.31. The Morgan fingerprint density at radius 2 is 2.11 bits per heavy atom. The molecule has 8 heteroatoms. The lowest BCUT2D eigenvalue weighted by Crippen LogP contribution is -2.12. The Hall–Kier alpha value is -2.12. The summed E-state index contributed by atoms with van der Waals surface area (Å²) in [5, 5.41) is 7.64. The molecule has 2 aliphatic rings. The first-order valence-corrected chi connectivity index (χ1v) is 11.6. The fraction of sp³-hybridized carbons (Fsp3) is 0.400. The second kappa shape index (κ2) is 7.37. The Kier molecular flexibility index (Phi) is 5.05. The van der Waals surface area contributed by atoms with Crippen LogP contribution in [-0.2, 0) is 27.5 Å². The van der Waals surface area contributed by atoms with Gasteiger partial charge in [-0.15, -0.1) is 0 Å². The van der Waals surface area contributed by atoms with Crippen LogP contribution in [0.1, 0.15) is 41.3 Å². The van der Waals surface area contributed by atoms with Gasteiger partial charge in [0.05, 0.1) is 23.2 Å². The number of carbonyl (C=O) groups is 1. The highest BCUT2D eigenvalue weighted by Crippen LogP contribution is 2.30. The number of anilines is 1. The highest BCUT2D eigenvalue weighted by molar-refractivity contribution is 7.91. The van der Waals surface area contributed by atoms with Gasteiger partial charge in [0, 0.05) is 17.3 Å². The van der Waals surface area contributed by atoms with Crippen molar-refractivity contribution in [2.45, 2.75) is 38.6 Å². The summed E-state index contributed by atoms with van der Waals surface area (Å²) in [5.41, 5.74) is 4.74. The van der Waals surface area contributed by atoms with Crippen LogP contribution in [0.5, 0.6) is 0 Å². The maximum atomic E-state index is 12.3. The van der Waals surface area contributed by atoms with Crippen LogP contribution in [0.25, 0.3) is 6.08 Å². The normalized spacial score (nSPS) is 20.6. The Bertz CT molecular complexity index is 1070. The van der Waals surface area contributed by atoms with Crippen LogP contribution in [0.15, 0.2) is 24.3 Å². The van der Waals surface area contributed by atoms with Crippen LogP contribution in [-0.4, -0.2) is 35.6 Å². The van der Waals surface area contributed by atoms with Gasteiger partial charge in [0.25, 0.3) is 0 Å². The van der Waals surface area contributed by atoms with E-state index in [9.17, 15) is 13.2 Å². The standard InChI is InChI=1S/C20H22ClN3O3S/c1-13-18(20(21)24(23-13)17-9-10-28(26,27)12-17)7-8-19(25)22-16-6-5-14-3-2-4-15(14)11-16/h5-8,11,17H,2-4,9-10,12H2,1H3,(H,22,25)/b8-7+/t17-/m0/s1. The van der Waals surface area contributed by atoms with Gasteiger partial charge in [-0.25, -0.2) is 13.1 Å². The SMILES string of the molecule is Cc1nn([C@H]2CCS(=O)(=O)C2)c(Cl)c1/C=C/C(=O)Nc1ccc2c(c1)CCC2. The number of carbonyl (C=O) groups excluding carboxylic acids is 1. The topological polar surface area (TPSA) is 81.1 Å². The summed E-state index contributed by atoms with van der Waals surface area (Å²) in [4.78, 5) is 12.3. The number of nitrogens with zero attached hydrogens (tertiary/aromatic N) is 2. The summed E-state index contributed by atoms with van der Waals surface area (Å²) in [6.07, 6.45) is 6.89. The fourth-order valence-corrected chi connectivity index (χ4v) is 5.99. The molecule has 1 saturated heterocycles. The number of sulfone groups is 1. The maximum absolute atomic E-state index is 12.3. The van der Waals surface area contributed by atoms with Crippen molar-refractivity contribution in [3.8, 4) is 0 Å². The van der Waals surface area contributed by atoms with E-state index in [1.165, 1.54) is 17.2 Å². The van der Waals surface area contributed by atoms with Gasteiger partial charge in [0.1, 0.15) is 5.15 Å². The first-order chi connectivity index (χ1) is 13.3. The lowest BCUT2D eigenvalue weighted by atomic mass is 10.1. The lowest BCUT2D eigenvalue weighted by molar-refractivity contribution is -0.111. The number of aromatic nitrogens is 2. The predicted octanol–water partition coefficient (Wildman–Crippen LogP) is 3.35. The molecule has 6 nitrogen and oxygen atoms in total. The van der Waals surface area contributed by atoms with Crippen molar-refractivity contribution >= 4 is 39.1 Å². The van der Waals surface area contributed by atoms with Crippen LogP contribution < -0.4 is 5.32 Å². The third-order valence-corrected chi connectivity index (χ3v) is 7.52. The minimum atomic E-state index is -3.03. The molecule has 0 spiro atoms. The molecule has 0 bridgehead atoms. The molecule has 2 aromatic rings. The summed E-state index contributed by atoms with van der Waals surface area (Å²) >= 11 is 6.43. The number of fused-ring (bicyclic) bond motifs is 1. The third kappa shape index (κ3) is 3.86. The second-order valence-electron chi connectivity index (χ2n) is 7.45. The van der Waals surface area contributed by atoms with Crippen molar-refractivity contribution in [2.75, 3.05) is 16.8 Å². The van der Waals surface area contributed by atoms with Crippen molar-refractivity contribution in [1.29, 1.82) is 0 Å². The van der Waals surface area contributed by atoms with Gasteiger partial charge < -0.3 is 5.32 Å². The second-order valence-corrected chi connectivity index (χ2v) is 10.0. The average molecular weight is 420 g/mol. The summed E-state index contributed by atoms with van der Waals surface area (Å²) in [6.45, 7) is 1.80. The molecule has 28 heavy (non-hydrogen) atoms. The Morgan fingerprint density at radius 3 is 2.86 bits per heavy atom. The highest BCUT2D eigenvalue weighted by atomic mass is 35.5. The summed E-state index contributed by atoms with van der Waals surface area (Å²) in [6, 6.07) is 5.78. The monoisotopic (exact) mass is 419 g/mol. The van der Waals surface area contributed by atoms with E-state index in [1.54, 1.807) is 17.7 Å². The van der Waals surface area contributed by atoms with Gasteiger partial charge in [-0.3, -0.25) is 4.79 Å². The van der Waals surface area contributed by atoms with Gasteiger partial charge in [0.2, 0.25) is 5.91 Å². The molecule has 0 unspecified atom stereocenters. The number of rotatable bonds is 4. The third-order valence-electron chi connectivity index (χ3n) is 5.39. The Morgan fingerprint density at radius 1 is 1.32 bits per heavy atom. The molecule has 0 saturated carbocycles. The van der Waals surface area contributed by atoms with Crippen molar-refractivity contribution in [2.24, 2.45) is 0 Å². The van der Waals surface area contributed by atoms with Gasteiger partial charge in [-0.05, 0) is 61.9 Å². The number of nitrogens with one attached hydrogen (secondary N) is 1. The van der Waals surface area contributed by atoms with E-state index in [0.29, 0.717) is 22.8 Å². The number of hydrogen-bond acceptors (Lipinski definition) is 4. The van der Waals surface area contributed by atoms with E-state index in [0.717, 1.165) is 24.9 Å². The molecule has 1 aliphatic carbocycles. The first-order valence-electron chi connectivity index (χ1n) is 9.38. The lowest BCUT2D eigenvalue weighted by Gasteiger charge is -2.09. The Labute approximate surface area is 169 Å². The number of benzene rings is 1. The van der Waals surface area contributed by atoms with E-state index < -0.39 is 9.84 Å². The van der Waals surface area contributed by atoms with Crippen LogP contribution in [0, 0.1) is 6.92 Å². The summed E-state index contributed by atoms with van der Waals surface area (Å²) < 4.78 is 25.0. The molecular weight excluding hydrogens is 398 g/mol. The molecule has 1 atom stereocenters. The van der Waals surface area contributed by atoms with Gasteiger partial charge in [-0.1, -0.05) is 17.7 Å². The molecule has 1 aromatic heterocycles. The van der Waals surface area contributed by atoms with Crippen molar-refractivity contribution < 1.29 is 13.2 Å². The maximum Gasteiger partial charge on any atom is 0.248 e. The molecule has 0 radical (unpaired) electrons. The van der Waals surface area contributed by atoms with E-state index in [4.69, 9.17) is 11.6 Å². The molecule has 2 heterocycles. The Balaban J connectivity index is 1.48. The van der Waals surface area contributed by atoms with Gasteiger partial charge >= 0.3 is 0 Å². The van der Waals surface area contributed by atoms with Crippen molar-refractivity contribution in [3.63, 3.8) is 0 Å². The van der Waals surface area contributed by atoms with Crippen molar-refractivity contribution in [1.82, 2.24) is 9.78 Å². The van der Waals surface area contributed by atoms with Crippen LogP contribution in [0.4, 0.5) is 5.69 Å². The largest absolute Gasteiger partial charge is 0.323 e. The van der Waals surface area contributed by atoms with E-state index >= 15 is 0 Å². The van der Waals surface area contributed by atoms with Crippen molar-refractivity contribution in [3.05, 3.63) is 51.8 Å². The smallest absolute Gasteiger partial charge is 0.248 e. The number of aryl methyl sites for hydroxylation is 3. The predicted molar refractivity (Wildman–Crippen MR) is 110 cm³/mol. The molecule has 148 valence electrons. The zero-order valence-electron chi connectivity index (χ0n) is 15.6. The molecule has 1 aliphatic heterocycles. The van der Waals surface area contributed by atoms with E-state index in [-0.39, 0.29) is 23.5 Å². The molecule has 1 N–H and O–H groups in total. The van der Waals surface area contributed by atoms with Gasteiger partial charge in [-0.2, -0.15) is 5.10 Å². The summed E-state index contributed by atoms with van der Waals surface area (Å²) in [7, 11) is -3.03. The molecule has 1 amide bonds. The number of hydrogen-bond donors (Lipinski definition) is 1. The zero-order chi connectivity index (χ0) is 19.9. The van der Waals surface area contributed by atoms with Gasteiger partial charge in [0.15, 0.2) is 9.84 Å². The van der Waals surface area contributed by atoms with Crippen LogP contribution in [0.3, 0.4) is 0 Å².